The molecule has 1 aromatic carbocycles. The van der Waals surface area contributed by atoms with E-state index in [4.69, 9.17) is 10.5 Å². The molecule has 3 heteroatoms. The summed E-state index contributed by atoms with van der Waals surface area (Å²) in [6, 6.07) is 8.27. The van der Waals surface area contributed by atoms with Crippen LogP contribution in [-0.2, 0) is 6.42 Å². The van der Waals surface area contributed by atoms with Gasteiger partial charge in [0.1, 0.15) is 5.75 Å². The summed E-state index contributed by atoms with van der Waals surface area (Å²) in [5.74, 6) is 0.910. The van der Waals surface area contributed by atoms with Crippen LogP contribution in [-0.4, -0.2) is 37.7 Å². The predicted octanol–water partition coefficient (Wildman–Crippen LogP) is 2.30. The normalized spacial score (nSPS) is 14.6. The molecule has 0 amide bonds. The second kappa shape index (κ2) is 6.76. The number of ether oxygens (including phenoxy) is 1. The van der Waals surface area contributed by atoms with E-state index in [0.717, 1.165) is 25.1 Å². The Balaban J connectivity index is 2.53. The Morgan fingerprint density at radius 1 is 1.28 bits per heavy atom. The van der Waals surface area contributed by atoms with Crippen LogP contribution >= 0.6 is 0 Å². The van der Waals surface area contributed by atoms with Crippen molar-refractivity contribution in [2.45, 2.75) is 32.2 Å². The van der Waals surface area contributed by atoms with Crippen molar-refractivity contribution in [3.63, 3.8) is 0 Å². The second-order valence-electron chi connectivity index (χ2n) is 5.07. The highest BCUT2D eigenvalue weighted by atomic mass is 16.5. The molecule has 0 radical (unpaired) electrons. The molecule has 1 rings (SSSR count). The molecule has 1 unspecified atom stereocenters. The zero-order valence-corrected chi connectivity index (χ0v) is 12.1. The maximum absolute atomic E-state index is 5.87. The van der Waals surface area contributed by atoms with Gasteiger partial charge < -0.3 is 10.5 Å². The monoisotopic (exact) mass is 250 g/mol. The number of nitrogens with two attached hydrogens (primary N) is 1. The molecule has 0 aliphatic rings. The van der Waals surface area contributed by atoms with Gasteiger partial charge in [-0.1, -0.05) is 19.1 Å². The van der Waals surface area contributed by atoms with Gasteiger partial charge in [0, 0.05) is 18.6 Å². The molecular weight excluding hydrogens is 224 g/mol. The largest absolute Gasteiger partial charge is 0.497 e. The Morgan fingerprint density at radius 2 is 1.89 bits per heavy atom. The summed E-state index contributed by atoms with van der Waals surface area (Å²) in [7, 11) is 3.84. The molecule has 0 spiro atoms. The molecule has 0 heterocycles. The average Bonchev–Trinajstić information content (AvgIpc) is 2.44. The first-order chi connectivity index (χ1) is 8.55. The molecule has 0 bridgehead atoms. The van der Waals surface area contributed by atoms with Crippen LogP contribution < -0.4 is 10.5 Å². The number of benzene rings is 1. The van der Waals surface area contributed by atoms with Crippen molar-refractivity contribution in [3.05, 3.63) is 29.8 Å². The minimum Gasteiger partial charge on any atom is -0.497 e. The summed E-state index contributed by atoms with van der Waals surface area (Å²) >= 11 is 0. The first-order valence-corrected chi connectivity index (χ1v) is 6.60. The van der Waals surface area contributed by atoms with Crippen LogP contribution in [0.2, 0.25) is 0 Å². The maximum Gasteiger partial charge on any atom is 0.118 e. The van der Waals surface area contributed by atoms with E-state index in [1.807, 2.05) is 12.1 Å². The maximum atomic E-state index is 5.87. The fraction of sp³-hybridized carbons (Fsp3) is 0.600. The second-order valence-corrected chi connectivity index (χ2v) is 5.07. The molecule has 1 atom stereocenters. The van der Waals surface area contributed by atoms with E-state index in [1.54, 1.807) is 7.11 Å². The smallest absolute Gasteiger partial charge is 0.118 e. The molecule has 0 saturated heterocycles. The lowest BCUT2D eigenvalue weighted by Gasteiger charge is -2.37. The minimum absolute atomic E-state index is 0.104. The van der Waals surface area contributed by atoms with E-state index in [2.05, 4.69) is 37.9 Å². The molecule has 0 aromatic heterocycles. The highest BCUT2D eigenvalue weighted by molar-refractivity contribution is 5.27. The molecule has 102 valence electrons. The van der Waals surface area contributed by atoms with E-state index in [1.165, 1.54) is 5.56 Å². The van der Waals surface area contributed by atoms with Gasteiger partial charge in [0.2, 0.25) is 0 Å². The molecule has 0 fully saturated rings. The van der Waals surface area contributed by atoms with E-state index < -0.39 is 0 Å². The van der Waals surface area contributed by atoms with Crippen LogP contribution in [0.5, 0.6) is 5.75 Å². The van der Waals surface area contributed by atoms with Gasteiger partial charge in [-0.05, 0) is 44.5 Å². The van der Waals surface area contributed by atoms with Crippen LogP contribution in [0.1, 0.15) is 25.8 Å². The van der Waals surface area contributed by atoms with Gasteiger partial charge in [0.25, 0.3) is 0 Å². The minimum atomic E-state index is 0.104. The van der Waals surface area contributed by atoms with Crippen LogP contribution in [0, 0.1) is 0 Å². The van der Waals surface area contributed by atoms with E-state index in [-0.39, 0.29) is 5.54 Å². The molecule has 3 nitrogen and oxygen atoms in total. The van der Waals surface area contributed by atoms with Crippen molar-refractivity contribution in [2.75, 3.05) is 27.2 Å². The molecule has 1 aromatic rings. The van der Waals surface area contributed by atoms with Gasteiger partial charge in [-0.15, -0.1) is 0 Å². The van der Waals surface area contributed by atoms with Gasteiger partial charge in [0.15, 0.2) is 0 Å². The fourth-order valence-electron chi connectivity index (χ4n) is 1.93. The number of methoxy groups -OCH3 is 1. The highest BCUT2D eigenvalue weighted by Gasteiger charge is 2.24. The van der Waals surface area contributed by atoms with Crippen molar-refractivity contribution in [1.29, 1.82) is 0 Å². The van der Waals surface area contributed by atoms with Crippen LogP contribution in [0.25, 0.3) is 0 Å². The van der Waals surface area contributed by atoms with E-state index in [9.17, 15) is 0 Å². The standard InChI is InChI=1S/C15H26N2O/c1-5-15(2,12-16)17(3)11-10-13-6-8-14(18-4)9-7-13/h6-9H,5,10-12,16H2,1-4H3. The van der Waals surface area contributed by atoms with Gasteiger partial charge in [-0.3, -0.25) is 4.90 Å². The Bertz CT molecular complexity index is 344. The lowest BCUT2D eigenvalue weighted by molar-refractivity contribution is 0.141. The molecular formula is C15H26N2O. The quantitative estimate of drug-likeness (QED) is 0.807. The Hall–Kier alpha value is -1.06. The van der Waals surface area contributed by atoms with Gasteiger partial charge >= 0.3 is 0 Å². The van der Waals surface area contributed by atoms with Crippen molar-refractivity contribution in [3.8, 4) is 5.75 Å². The first kappa shape index (κ1) is 15.0. The molecule has 18 heavy (non-hydrogen) atoms. The molecule has 0 aliphatic carbocycles. The van der Waals surface area contributed by atoms with Crippen molar-refractivity contribution in [2.24, 2.45) is 5.73 Å². The number of likely N-dealkylation sites (N-methyl/N-ethyl adjacent to an activating group) is 1. The number of rotatable bonds is 7. The zero-order valence-electron chi connectivity index (χ0n) is 12.1. The third kappa shape index (κ3) is 3.72. The lowest BCUT2D eigenvalue weighted by Crippen LogP contribution is -2.49. The van der Waals surface area contributed by atoms with Crippen molar-refractivity contribution < 1.29 is 4.74 Å². The Morgan fingerprint density at radius 3 is 2.33 bits per heavy atom. The molecule has 0 saturated carbocycles. The van der Waals surface area contributed by atoms with E-state index in [0.29, 0.717) is 6.54 Å². The highest BCUT2D eigenvalue weighted by Crippen LogP contribution is 2.17. The SMILES string of the molecule is CCC(C)(CN)N(C)CCc1ccc(OC)cc1. The summed E-state index contributed by atoms with van der Waals surface area (Å²) in [5, 5.41) is 0. The van der Waals surface area contributed by atoms with Crippen LogP contribution in [0.4, 0.5) is 0 Å². The molecule has 2 N–H and O–H groups in total. The summed E-state index contributed by atoms with van der Waals surface area (Å²) in [4.78, 5) is 2.36. The van der Waals surface area contributed by atoms with Crippen LogP contribution in [0.15, 0.2) is 24.3 Å². The number of hydrogen-bond donors (Lipinski definition) is 1. The Kier molecular flexibility index (Phi) is 5.63. The number of nitrogens with zero attached hydrogens (tertiary/aromatic N) is 1. The summed E-state index contributed by atoms with van der Waals surface area (Å²) in [5.41, 5.74) is 7.30. The van der Waals surface area contributed by atoms with Gasteiger partial charge in [-0.2, -0.15) is 0 Å². The van der Waals surface area contributed by atoms with Crippen LogP contribution in [0.3, 0.4) is 0 Å². The Labute approximate surface area is 111 Å². The topological polar surface area (TPSA) is 38.5 Å². The zero-order chi connectivity index (χ0) is 13.6. The average molecular weight is 250 g/mol. The number of hydrogen-bond acceptors (Lipinski definition) is 3. The van der Waals surface area contributed by atoms with Gasteiger partial charge in [-0.25, -0.2) is 0 Å². The summed E-state index contributed by atoms with van der Waals surface area (Å²) in [6.45, 7) is 6.13. The third-order valence-electron chi connectivity index (χ3n) is 4.02. The lowest BCUT2D eigenvalue weighted by atomic mass is 9.96. The van der Waals surface area contributed by atoms with Gasteiger partial charge in [0.05, 0.1) is 7.11 Å². The summed E-state index contributed by atoms with van der Waals surface area (Å²) in [6.07, 6.45) is 2.11. The van der Waals surface area contributed by atoms with Crippen molar-refractivity contribution in [1.82, 2.24) is 4.90 Å². The van der Waals surface area contributed by atoms with Crippen molar-refractivity contribution >= 4 is 0 Å². The predicted molar refractivity (Wildman–Crippen MR) is 77.1 cm³/mol. The third-order valence-corrected chi connectivity index (χ3v) is 4.02. The van der Waals surface area contributed by atoms with E-state index >= 15 is 0 Å². The fourth-order valence-corrected chi connectivity index (χ4v) is 1.93. The first-order valence-electron chi connectivity index (χ1n) is 6.60. The summed E-state index contributed by atoms with van der Waals surface area (Å²) < 4.78 is 5.16. The molecule has 0 aliphatic heterocycles.